The van der Waals surface area contributed by atoms with Gasteiger partial charge in [-0.2, -0.15) is 0 Å². The van der Waals surface area contributed by atoms with Crippen LogP contribution < -0.4 is 10.6 Å². The summed E-state index contributed by atoms with van der Waals surface area (Å²) in [6.07, 6.45) is 2.25. The molecule has 0 unspecified atom stereocenters. The summed E-state index contributed by atoms with van der Waals surface area (Å²) in [5, 5.41) is 14.2. The fourth-order valence-corrected chi connectivity index (χ4v) is 1.68. The second-order valence-corrected chi connectivity index (χ2v) is 4.51. The predicted molar refractivity (Wildman–Crippen MR) is 67.5 cm³/mol. The maximum atomic E-state index is 11.6. The van der Waals surface area contributed by atoms with E-state index in [2.05, 4.69) is 10.6 Å². The number of urea groups is 1. The van der Waals surface area contributed by atoms with Gasteiger partial charge in [-0.1, -0.05) is 18.2 Å². The highest BCUT2D eigenvalue weighted by molar-refractivity contribution is 5.90. The van der Waals surface area contributed by atoms with E-state index in [1.54, 1.807) is 24.3 Å². The summed E-state index contributed by atoms with van der Waals surface area (Å²) in [6.45, 7) is 0.687. The van der Waals surface area contributed by atoms with Crippen LogP contribution in [0.3, 0.4) is 0 Å². The zero-order valence-corrected chi connectivity index (χ0v) is 9.98. The van der Waals surface area contributed by atoms with E-state index in [9.17, 15) is 9.59 Å². The lowest BCUT2D eigenvalue weighted by Crippen LogP contribution is -2.30. The highest BCUT2D eigenvalue weighted by Crippen LogP contribution is 2.27. The first-order valence-electron chi connectivity index (χ1n) is 5.99. The van der Waals surface area contributed by atoms with Crippen LogP contribution >= 0.6 is 0 Å². The van der Waals surface area contributed by atoms with Crippen molar-refractivity contribution in [2.75, 3.05) is 11.9 Å². The number of carboxylic acid groups (broad SMARTS) is 1. The Balaban J connectivity index is 1.93. The van der Waals surface area contributed by atoms with E-state index in [-0.39, 0.29) is 12.5 Å². The van der Waals surface area contributed by atoms with Gasteiger partial charge < -0.3 is 15.7 Å². The molecule has 5 nitrogen and oxygen atoms in total. The number of anilines is 1. The molecule has 1 saturated carbocycles. The van der Waals surface area contributed by atoms with Crippen molar-refractivity contribution in [2.45, 2.75) is 19.3 Å². The lowest BCUT2D eigenvalue weighted by Gasteiger charge is -2.10. The Morgan fingerprint density at radius 1 is 1.28 bits per heavy atom. The number of carbonyl (C=O) groups excluding carboxylic acids is 1. The molecule has 0 saturated heterocycles. The van der Waals surface area contributed by atoms with Crippen molar-refractivity contribution in [3.05, 3.63) is 29.8 Å². The zero-order chi connectivity index (χ0) is 13.0. The third-order valence-corrected chi connectivity index (χ3v) is 2.86. The topological polar surface area (TPSA) is 78.4 Å². The molecule has 18 heavy (non-hydrogen) atoms. The number of rotatable bonds is 5. The molecule has 96 valence electrons. The number of hydrogen-bond acceptors (Lipinski definition) is 2. The fourth-order valence-electron chi connectivity index (χ4n) is 1.68. The predicted octanol–water partition coefficient (Wildman–Crippen LogP) is 1.85. The van der Waals surface area contributed by atoms with Gasteiger partial charge in [-0.3, -0.25) is 4.79 Å². The lowest BCUT2D eigenvalue weighted by molar-refractivity contribution is -0.136. The number of carboxylic acids is 1. The van der Waals surface area contributed by atoms with Crippen molar-refractivity contribution >= 4 is 17.7 Å². The molecule has 0 aromatic heterocycles. The Labute approximate surface area is 105 Å². The van der Waals surface area contributed by atoms with Crippen LogP contribution in [0.5, 0.6) is 0 Å². The van der Waals surface area contributed by atoms with Gasteiger partial charge in [-0.15, -0.1) is 0 Å². The fraction of sp³-hybridized carbons (Fsp3) is 0.385. The van der Waals surface area contributed by atoms with Crippen LogP contribution in [0.25, 0.3) is 0 Å². The van der Waals surface area contributed by atoms with E-state index in [0.29, 0.717) is 23.7 Å². The van der Waals surface area contributed by atoms with Gasteiger partial charge in [0.1, 0.15) is 0 Å². The molecule has 0 aliphatic heterocycles. The van der Waals surface area contributed by atoms with Crippen LogP contribution in [0.4, 0.5) is 10.5 Å². The van der Waals surface area contributed by atoms with Crippen LogP contribution in [0.15, 0.2) is 24.3 Å². The van der Waals surface area contributed by atoms with Gasteiger partial charge in [0.05, 0.1) is 6.42 Å². The molecule has 1 aromatic carbocycles. The van der Waals surface area contributed by atoms with Crippen molar-refractivity contribution in [2.24, 2.45) is 5.92 Å². The summed E-state index contributed by atoms with van der Waals surface area (Å²) in [5.74, 6) is -0.298. The third-order valence-electron chi connectivity index (χ3n) is 2.86. The highest BCUT2D eigenvalue weighted by atomic mass is 16.4. The third kappa shape index (κ3) is 3.76. The Morgan fingerprint density at radius 2 is 2.00 bits per heavy atom. The maximum absolute atomic E-state index is 11.6. The van der Waals surface area contributed by atoms with E-state index < -0.39 is 5.97 Å². The summed E-state index contributed by atoms with van der Waals surface area (Å²) in [5.41, 5.74) is 1.15. The molecular weight excluding hydrogens is 232 g/mol. The van der Waals surface area contributed by atoms with Crippen LogP contribution in [0, 0.1) is 5.92 Å². The minimum absolute atomic E-state index is 0.0981. The first kappa shape index (κ1) is 12.4. The molecule has 1 fully saturated rings. The van der Waals surface area contributed by atoms with Crippen molar-refractivity contribution in [1.29, 1.82) is 0 Å². The van der Waals surface area contributed by atoms with E-state index in [1.165, 1.54) is 12.8 Å². The average molecular weight is 248 g/mol. The van der Waals surface area contributed by atoms with E-state index in [0.717, 1.165) is 0 Å². The Morgan fingerprint density at radius 3 is 2.67 bits per heavy atom. The lowest BCUT2D eigenvalue weighted by atomic mass is 10.1. The summed E-state index contributed by atoms with van der Waals surface area (Å²) < 4.78 is 0. The zero-order valence-electron chi connectivity index (χ0n) is 9.98. The molecule has 2 amide bonds. The molecule has 1 aliphatic rings. The molecule has 0 bridgehead atoms. The second-order valence-electron chi connectivity index (χ2n) is 4.51. The van der Waals surface area contributed by atoms with Gasteiger partial charge in [-0.25, -0.2) is 4.79 Å². The van der Waals surface area contributed by atoms with E-state index >= 15 is 0 Å². The SMILES string of the molecule is O=C(O)Cc1ccccc1NC(=O)NCC1CC1. The highest BCUT2D eigenvalue weighted by Gasteiger charge is 2.21. The van der Waals surface area contributed by atoms with Gasteiger partial charge in [0.15, 0.2) is 0 Å². The molecule has 2 rings (SSSR count). The van der Waals surface area contributed by atoms with Crippen molar-refractivity contribution in [3.8, 4) is 0 Å². The minimum atomic E-state index is -0.914. The summed E-state index contributed by atoms with van der Waals surface area (Å²) >= 11 is 0. The monoisotopic (exact) mass is 248 g/mol. The molecule has 0 spiro atoms. The van der Waals surface area contributed by atoms with Crippen molar-refractivity contribution < 1.29 is 14.7 Å². The van der Waals surface area contributed by atoms with Crippen LogP contribution in [0.1, 0.15) is 18.4 Å². The number of carbonyl (C=O) groups is 2. The Bertz CT molecular complexity index is 455. The molecule has 1 aliphatic carbocycles. The van der Waals surface area contributed by atoms with Crippen LogP contribution in [-0.2, 0) is 11.2 Å². The second kappa shape index (κ2) is 5.53. The molecule has 0 atom stereocenters. The first-order chi connectivity index (χ1) is 8.65. The molecule has 0 radical (unpaired) electrons. The molecular formula is C13H16N2O3. The number of nitrogens with one attached hydrogen (secondary N) is 2. The van der Waals surface area contributed by atoms with Gasteiger partial charge in [0.2, 0.25) is 0 Å². The van der Waals surface area contributed by atoms with E-state index in [1.807, 2.05) is 0 Å². The average Bonchev–Trinajstić information content (AvgIpc) is 3.12. The smallest absolute Gasteiger partial charge is 0.319 e. The minimum Gasteiger partial charge on any atom is -0.481 e. The Hall–Kier alpha value is -2.04. The molecule has 3 N–H and O–H groups in total. The number of para-hydroxylation sites is 1. The summed E-state index contributed by atoms with van der Waals surface area (Å²) in [7, 11) is 0. The molecule has 5 heteroatoms. The van der Waals surface area contributed by atoms with Gasteiger partial charge in [-0.05, 0) is 30.4 Å². The Kier molecular flexibility index (Phi) is 3.82. The molecule has 1 aromatic rings. The van der Waals surface area contributed by atoms with Gasteiger partial charge in [0, 0.05) is 12.2 Å². The quantitative estimate of drug-likeness (QED) is 0.744. The summed E-state index contributed by atoms with van der Waals surface area (Å²) in [6, 6.07) is 6.65. The van der Waals surface area contributed by atoms with Crippen LogP contribution in [-0.4, -0.2) is 23.7 Å². The summed E-state index contributed by atoms with van der Waals surface area (Å²) in [4.78, 5) is 22.3. The number of amides is 2. The van der Waals surface area contributed by atoms with Crippen LogP contribution in [0.2, 0.25) is 0 Å². The molecule has 0 heterocycles. The largest absolute Gasteiger partial charge is 0.481 e. The van der Waals surface area contributed by atoms with E-state index in [4.69, 9.17) is 5.11 Å². The standard InChI is InChI=1S/C13H16N2O3/c16-12(17)7-10-3-1-2-4-11(10)15-13(18)14-8-9-5-6-9/h1-4,9H,5-8H2,(H,16,17)(H2,14,15,18). The van der Waals surface area contributed by atoms with Gasteiger partial charge in [0.25, 0.3) is 0 Å². The normalized spacial score (nSPS) is 14.0. The number of hydrogen-bond donors (Lipinski definition) is 3. The first-order valence-corrected chi connectivity index (χ1v) is 5.99. The number of benzene rings is 1. The van der Waals surface area contributed by atoms with Gasteiger partial charge >= 0.3 is 12.0 Å². The number of aliphatic carboxylic acids is 1. The maximum Gasteiger partial charge on any atom is 0.319 e. The van der Waals surface area contributed by atoms with Crippen molar-refractivity contribution in [1.82, 2.24) is 5.32 Å². The van der Waals surface area contributed by atoms with Crippen molar-refractivity contribution in [3.63, 3.8) is 0 Å².